The summed E-state index contributed by atoms with van der Waals surface area (Å²) in [5.41, 5.74) is 1.57. The number of aryl methyl sites for hydroxylation is 1. The summed E-state index contributed by atoms with van der Waals surface area (Å²) in [7, 11) is 3.02. The summed E-state index contributed by atoms with van der Waals surface area (Å²) in [6.07, 6.45) is 1.44. The molecule has 7 nitrogen and oxygen atoms in total. The SMILES string of the molecule is COc1cc(C)c(/C=C2\C(=O)NC(=O)N(c3ccc(Br)cc3)C2=O)cc1OC. The number of urea groups is 1. The van der Waals surface area contributed by atoms with E-state index in [0.717, 1.165) is 14.9 Å². The topological polar surface area (TPSA) is 84.9 Å². The van der Waals surface area contributed by atoms with Gasteiger partial charge in [0.2, 0.25) is 0 Å². The number of hydrogen-bond donors (Lipinski definition) is 1. The molecule has 0 aromatic heterocycles. The van der Waals surface area contributed by atoms with Crippen molar-refractivity contribution in [3.63, 3.8) is 0 Å². The first-order chi connectivity index (χ1) is 13.3. The number of carbonyl (C=O) groups is 3. The van der Waals surface area contributed by atoms with Crippen LogP contribution in [0, 0.1) is 6.92 Å². The van der Waals surface area contributed by atoms with Gasteiger partial charge in [-0.1, -0.05) is 15.9 Å². The van der Waals surface area contributed by atoms with E-state index in [0.29, 0.717) is 22.7 Å². The maximum absolute atomic E-state index is 12.9. The average molecular weight is 445 g/mol. The zero-order valence-corrected chi connectivity index (χ0v) is 17.0. The van der Waals surface area contributed by atoms with E-state index in [9.17, 15) is 14.4 Å². The van der Waals surface area contributed by atoms with E-state index in [4.69, 9.17) is 9.47 Å². The molecule has 0 saturated carbocycles. The van der Waals surface area contributed by atoms with E-state index in [1.165, 1.54) is 20.3 Å². The van der Waals surface area contributed by atoms with E-state index < -0.39 is 17.8 Å². The highest BCUT2D eigenvalue weighted by Gasteiger charge is 2.36. The highest BCUT2D eigenvalue weighted by molar-refractivity contribution is 9.10. The van der Waals surface area contributed by atoms with E-state index in [2.05, 4.69) is 21.2 Å². The number of methoxy groups -OCH3 is 2. The van der Waals surface area contributed by atoms with Crippen LogP contribution in [0.2, 0.25) is 0 Å². The molecule has 4 amide bonds. The maximum Gasteiger partial charge on any atom is 0.335 e. The monoisotopic (exact) mass is 444 g/mol. The van der Waals surface area contributed by atoms with Gasteiger partial charge in [-0.15, -0.1) is 0 Å². The van der Waals surface area contributed by atoms with Crippen LogP contribution in [0.25, 0.3) is 6.08 Å². The number of rotatable bonds is 4. The molecule has 1 N–H and O–H groups in total. The molecule has 1 aliphatic rings. The normalized spacial score (nSPS) is 15.6. The number of hydrogen-bond acceptors (Lipinski definition) is 5. The van der Waals surface area contributed by atoms with E-state index in [-0.39, 0.29) is 5.57 Å². The lowest BCUT2D eigenvalue weighted by Gasteiger charge is -2.26. The molecule has 0 aliphatic carbocycles. The number of amides is 4. The summed E-state index contributed by atoms with van der Waals surface area (Å²) in [5.74, 6) is -0.458. The lowest BCUT2D eigenvalue weighted by Crippen LogP contribution is -2.54. The lowest BCUT2D eigenvalue weighted by atomic mass is 10.0. The van der Waals surface area contributed by atoms with Crippen LogP contribution in [0.3, 0.4) is 0 Å². The minimum absolute atomic E-state index is 0.155. The van der Waals surface area contributed by atoms with Gasteiger partial charge in [0.05, 0.1) is 19.9 Å². The van der Waals surface area contributed by atoms with Crippen molar-refractivity contribution in [2.45, 2.75) is 6.92 Å². The molecule has 1 aliphatic heterocycles. The number of benzene rings is 2. The molecule has 8 heteroatoms. The highest BCUT2D eigenvalue weighted by Crippen LogP contribution is 2.32. The van der Waals surface area contributed by atoms with Gasteiger partial charge in [0.15, 0.2) is 11.5 Å². The maximum atomic E-state index is 12.9. The van der Waals surface area contributed by atoms with E-state index in [1.807, 2.05) is 6.92 Å². The standard InChI is InChI=1S/C20H17BrN2O5/c1-11-8-16(27-2)17(28-3)10-12(11)9-15-18(24)22-20(26)23(19(15)25)14-6-4-13(21)5-7-14/h4-10H,1-3H3,(H,22,24,26)/b15-9+. The van der Waals surface area contributed by atoms with Crippen LogP contribution in [0.1, 0.15) is 11.1 Å². The predicted molar refractivity (Wildman–Crippen MR) is 107 cm³/mol. The molecule has 3 rings (SSSR count). The van der Waals surface area contributed by atoms with Gasteiger partial charge in [-0.05, 0) is 60.5 Å². The van der Waals surface area contributed by atoms with Crippen LogP contribution in [-0.4, -0.2) is 32.1 Å². The highest BCUT2D eigenvalue weighted by atomic mass is 79.9. The summed E-state index contributed by atoms with van der Waals surface area (Å²) >= 11 is 3.31. The number of barbiturate groups is 1. The number of carbonyl (C=O) groups excluding carboxylic acids is 3. The second-order valence-corrected chi connectivity index (χ2v) is 6.91. The van der Waals surface area contributed by atoms with Crippen LogP contribution in [-0.2, 0) is 9.59 Å². The Morgan fingerprint density at radius 2 is 1.61 bits per heavy atom. The molecule has 1 fully saturated rings. The molecule has 2 aromatic carbocycles. The van der Waals surface area contributed by atoms with Crippen molar-refractivity contribution in [3.8, 4) is 11.5 Å². The minimum Gasteiger partial charge on any atom is -0.493 e. The molecule has 0 unspecified atom stereocenters. The Bertz CT molecular complexity index is 998. The summed E-state index contributed by atoms with van der Waals surface area (Å²) in [5, 5.41) is 2.21. The summed E-state index contributed by atoms with van der Waals surface area (Å²) in [4.78, 5) is 38.4. The number of imide groups is 2. The molecule has 144 valence electrons. The third kappa shape index (κ3) is 3.63. The Morgan fingerprint density at radius 1 is 1.00 bits per heavy atom. The Kier molecular flexibility index (Phi) is 5.51. The molecular formula is C20H17BrN2O5. The van der Waals surface area contributed by atoms with Gasteiger partial charge in [-0.2, -0.15) is 0 Å². The number of anilines is 1. The predicted octanol–water partition coefficient (Wildman–Crippen LogP) is 3.44. The largest absolute Gasteiger partial charge is 0.493 e. The summed E-state index contributed by atoms with van der Waals surface area (Å²) < 4.78 is 11.3. The first kappa shape index (κ1) is 19.6. The second-order valence-electron chi connectivity index (χ2n) is 6.00. The number of ether oxygens (including phenoxy) is 2. The second kappa shape index (κ2) is 7.85. The Balaban J connectivity index is 2.05. The zero-order valence-electron chi connectivity index (χ0n) is 15.4. The van der Waals surface area contributed by atoms with Crippen molar-refractivity contribution in [2.75, 3.05) is 19.1 Å². The van der Waals surface area contributed by atoms with E-state index >= 15 is 0 Å². The van der Waals surface area contributed by atoms with Gasteiger partial charge in [0.1, 0.15) is 5.57 Å². The molecule has 1 heterocycles. The number of nitrogens with zero attached hydrogens (tertiary/aromatic N) is 1. The first-order valence-corrected chi connectivity index (χ1v) is 9.04. The van der Waals surface area contributed by atoms with Crippen molar-refractivity contribution < 1.29 is 23.9 Å². The van der Waals surface area contributed by atoms with E-state index in [1.54, 1.807) is 36.4 Å². The van der Waals surface area contributed by atoms with Crippen molar-refractivity contribution in [1.29, 1.82) is 0 Å². The van der Waals surface area contributed by atoms with Crippen LogP contribution in [0.5, 0.6) is 11.5 Å². The fourth-order valence-electron chi connectivity index (χ4n) is 2.79. The van der Waals surface area contributed by atoms with Gasteiger partial charge in [-0.3, -0.25) is 14.9 Å². The summed E-state index contributed by atoms with van der Waals surface area (Å²) in [6, 6.07) is 9.24. The molecule has 1 saturated heterocycles. The van der Waals surface area contributed by atoms with Crippen molar-refractivity contribution in [3.05, 3.63) is 57.6 Å². The lowest BCUT2D eigenvalue weighted by molar-refractivity contribution is -0.122. The molecule has 0 atom stereocenters. The molecular weight excluding hydrogens is 428 g/mol. The van der Waals surface area contributed by atoms with Crippen molar-refractivity contribution >= 4 is 45.5 Å². The van der Waals surface area contributed by atoms with Crippen LogP contribution >= 0.6 is 15.9 Å². The number of halogens is 1. The van der Waals surface area contributed by atoms with Crippen molar-refractivity contribution in [1.82, 2.24) is 5.32 Å². The molecule has 28 heavy (non-hydrogen) atoms. The zero-order chi connectivity index (χ0) is 20.4. The van der Waals surface area contributed by atoms with Crippen LogP contribution in [0.4, 0.5) is 10.5 Å². The quantitative estimate of drug-likeness (QED) is 0.576. The molecule has 0 bridgehead atoms. The van der Waals surface area contributed by atoms with Gasteiger partial charge in [-0.25, -0.2) is 9.69 Å². The molecule has 0 spiro atoms. The molecule has 2 aromatic rings. The third-order valence-corrected chi connectivity index (χ3v) is 4.79. The van der Waals surface area contributed by atoms with Gasteiger partial charge >= 0.3 is 6.03 Å². The van der Waals surface area contributed by atoms with Gasteiger partial charge < -0.3 is 9.47 Å². The minimum atomic E-state index is -0.793. The molecule has 0 radical (unpaired) electrons. The first-order valence-electron chi connectivity index (χ1n) is 8.25. The number of nitrogens with one attached hydrogen (secondary N) is 1. The Hall–Kier alpha value is -3.13. The van der Waals surface area contributed by atoms with Gasteiger partial charge in [0.25, 0.3) is 11.8 Å². The fourth-order valence-corrected chi connectivity index (χ4v) is 3.05. The Labute approximate surface area is 170 Å². The fraction of sp³-hybridized carbons (Fsp3) is 0.150. The summed E-state index contributed by atoms with van der Waals surface area (Å²) in [6.45, 7) is 1.82. The van der Waals surface area contributed by atoms with Gasteiger partial charge in [0, 0.05) is 4.47 Å². The van der Waals surface area contributed by atoms with Crippen LogP contribution < -0.4 is 19.7 Å². The van der Waals surface area contributed by atoms with Crippen LogP contribution in [0.15, 0.2) is 46.4 Å². The smallest absolute Gasteiger partial charge is 0.335 e. The third-order valence-electron chi connectivity index (χ3n) is 4.26. The van der Waals surface area contributed by atoms with Crippen molar-refractivity contribution in [2.24, 2.45) is 0 Å². The average Bonchev–Trinajstić information content (AvgIpc) is 2.67. The Morgan fingerprint density at radius 3 is 2.21 bits per heavy atom.